The number of rotatable bonds is 2. The first kappa shape index (κ1) is 13.6. The van der Waals surface area contributed by atoms with Gasteiger partial charge in [-0.1, -0.05) is 0 Å². The molecule has 0 saturated carbocycles. The minimum absolute atomic E-state index is 0.0352. The quantitative estimate of drug-likeness (QED) is 0.362. The maximum absolute atomic E-state index is 7.75. The Hall–Kier alpha value is -1.50. The number of amidine groups is 1. The van der Waals surface area contributed by atoms with Crippen LogP contribution in [-0.4, -0.2) is 61.2 Å². The zero-order valence-electron chi connectivity index (χ0n) is 10.5. The summed E-state index contributed by atoms with van der Waals surface area (Å²) in [7, 11) is 0. The van der Waals surface area contributed by atoms with E-state index in [9.17, 15) is 0 Å². The number of nitrogens with one attached hydrogen (secondary N) is 3. The predicted molar refractivity (Wildman–Crippen MR) is 65.0 cm³/mol. The van der Waals surface area contributed by atoms with Gasteiger partial charge in [0.1, 0.15) is 0 Å². The van der Waals surface area contributed by atoms with Crippen molar-refractivity contribution in [2.24, 2.45) is 0 Å². The van der Waals surface area contributed by atoms with Gasteiger partial charge in [-0.15, -0.1) is 0 Å². The van der Waals surface area contributed by atoms with Gasteiger partial charge in [-0.3, -0.25) is 5.41 Å². The normalized spacial score (nSPS) is 15.3. The summed E-state index contributed by atoms with van der Waals surface area (Å²) in [5.41, 5.74) is 2.49. The molecule has 1 fully saturated rings. The van der Waals surface area contributed by atoms with Crippen LogP contribution in [0, 0.1) is 10.8 Å². The van der Waals surface area contributed by atoms with Crippen molar-refractivity contribution in [3.63, 3.8) is 0 Å². The molecule has 1 aliphatic heterocycles. The van der Waals surface area contributed by atoms with Gasteiger partial charge in [-0.2, -0.15) is 5.48 Å². The van der Waals surface area contributed by atoms with Gasteiger partial charge in [0.15, 0.2) is 0 Å². The molecule has 0 aromatic rings. The first-order chi connectivity index (χ1) is 8.19. The van der Waals surface area contributed by atoms with Crippen LogP contribution in [0.25, 0.3) is 0 Å². The van der Waals surface area contributed by atoms with Crippen molar-refractivity contribution in [3.05, 3.63) is 0 Å². The van der Waals surface area contributed by atoms with Gasteiger partial charge in [0.05, 0.1) is 13.2 Å². The smallest absolute Gasteiger partial charge is 0.311 e. The number of ether oxygens (including phenoxy) is 1. The van der Waals surface area contributed by atoms with E-state index in [0.717, 1.165) is 0 Å². The summed E-state index contributed by atoms with van der Waals surface area (Å²) in [6.45, 7) is 7.92. The van der Waals surface area contributed by atoms with Crippen molar-refractivity contribution in [3.8, 4) is 0 Å². The summed E-state index contributed by atoms with van der Waals surface area (Å²) in [4.78, 5) is 8.62. The molecule has 3 N–H and O–H groups in total. The van der Waals surface area contributed by atoms with E-state index in [1.165, 1.54) is 0 Å². The molecule has 7 nitrogen and oxygen atoms in total. The minimum atomic E-state index is 0.0352. The van der Waals surface area contributed by atoms with Crippen LogP contribution in [0.15, 0.2) is 0 Å². The minimum Gasteiger partial charge on any atom is -0.378 e. The third-order valence-electron chi connectivity index (χ3n) is 2.62. The average molecular weight is 243 g/mol. The largest absolute Gasteiger partial charge is 0.378 e. The lowest BCUT2D eigenvalue weighted by Gasteiger charge is -2.29. The molecule has 0 unspecified atom stereocenters. The Morgan fingerprint density at radius 2 is 1.88 bits per heavy atom. The van der Waals surface area contributed by atoms with E-state index in [-0.39, 0.29) is 12.0 Å². The first-order valence-corrected chi connectivity index (χ1v) is 5.86. The van der Waals surface area contributed by atoms with Crippen molar-refractivity contribution in [1.82, 2.24) is 15.3 Å². The molecule has 1 aliphatic rings. The Kier molecular flexibility index (Phi) is 5.55. The second-order valence-electron chi connectivity index (χ2n) is 3.63. The van der Waals surface area contributed by atoms with E-state index in [1.807, 2.05) is 18.7 Å². The average Bonchev–Trinajstić information content (AvgIpc) is 2.38. The second kappa shape index (κ2) is 6.95. The summed E-state index contributed by atoms with van der Waals surface area (Å²) in [6, 6.07) is 0.0352. The standard InChI is InChI=1S/C10H21N5O2/c1-3-14(4-2)10(12)17-13-9(11)15-5-7-16-8-6-15/h12H,3-8H2,1-2H3,(H2,11,13). The molecule has 0 aromatic carbocycles. The van der Waals surface area contributed by atoms with Crippen molar-refractivity contribution in [2.45, 2.75) is 13.8 Å². The van der Waals surface area contributed by atoms with Gasteiger partial charge in [0.25, 0.3) is 0 Å². The lowest BCUT2D eigenvalue weighted by molar-refractivity contribution is 0.0601. The van der Waals surface area contributed by atoms with E-state index >= 15 is 0 Å². The third kappa shape index (κ3) is 4.10. The Labute approximate surface area is 102 Å². The molecule has 1 heterocycles. The van der Waals surface area contributed by atoms with Crippen molar-refractivity contribution < 1.29 is 9.57 Å². The van der Waals surface area contributed by atoms with Crippen molar-refractivity contribution in [2.75, 3.05) is 39.4 Å². The van der Waals surface area contributed by atoms with Crippen LogP contribution in [0.2, 0.25) is 0 Å². The molecule has 0 atom stereocenters. The van der Waals surface area contributed by atoms with Gasteiger partial charge >= 0.3 is 6.02 Å². The Bertz CT molecular complexity index is 261. The van der Waals surface area contributed by atoms with Gasteiger partial charge in [0.2, 0.25) is 5.96 Å². The SMILES string of the molecule is CCN(CC)C(=N)ONC(=N)N1CCOCC1. The highest BCUT2D eigenvalue weighted by atomic mass is 16.7. The first-order valence-electron chi connectivity index (χ1n) is 5.86. The molecule has 98 valence electrons. The zero-order valence-corrected chi connectivity index (χ0v) is 10.5. The van der Waals surface area contributed by atoms with Crippen molar-refractivity contribution >= 4 is 12.0 Å². The molecule has 0 aromatic heterocycles. The highest BCUT2D eigenvalue weighted by Crippen LogP contribution is 1.96. The summed E-state index contributed by atoms with van der Waals surface area (Å²) in [6.07, 6.45) is 0. The van der Waals surface area contributed by atoms with Crippen LogP contribution in [0.5, 0.6) is 0 Å². The topological polar surface area (TPSA) is 84.7 Å². The fourth-order valence-corrected chi connectivity index (χ4v) is 1.52. The number of guanidine groups is 1. The number of nitrogens with zero attached hydrogens (tertiary/aromatic N) is 2. The zero-order chi connectivity index (χ0) is 12.7. The molecular weight excluding hydrogens is 222 g/mol. The molecule has 0 bridgehead atoms. The predicted octanol–water partition coefficient (Wildman–Crippen LogP) is 0.0511. The van der Waals surface area contributed by atoms with Crippen LogP contribution in [0.1, 0.15) is 13.8 Å². The number of hydroxylamine groups is 1. The Balaban J connectivity index is 2.29. The van der Waals surface area contributed by atoms with Gasteiger partial charge in [0, 0.05) is 26.2 Å². The molecule has 1 rings (SSSR count). The molecule has 0 spiro atoms. The maximum atomic E-state index is 7.75. The fourth-order valence-electron chi connectivity index (χ4n) is 1.52. The summed E-state index contributed by atoms with van der Waals surface area (Å²) >= 11 is 0. The third-order valence-corrected chi connectivity index (χ3v) is 2.62. The monoisotopic (exact) mass is 243 g/mol. The molecule has 0 aliphatic carbocycles. The van der Waals surface area contributed by atoms with Crippen LogP contribution in [0.3, 0.4) is 0 Å². The van der Waals surface area contributed by atoms with E-state index in [0.29, 0.717) is 39.4 Å². The maximum Gasteiger partial charge on any atom is 0.311 e. The molecule has 17 heavy (non-hydrogen) atoms. The highest BCUT2D eigenvalue weighted by molar-refractivity contribution is 5.78. The lowest BCUT2D eigenvalue weighted by atomic mass is 10.4. The summed E-state index contributed by atoms with van der Waals surface area (Å²) in [5, 5.41) is 15.4. The fraction of sp³-hybridized carbons (Fsp3) is 0.800. The van der Waals surface area contributed by atoms with Crippen molar-refractivity contribution in [1.29, 1.82) is 10.8 Å². The Morgan fingerprint density at radius 3 is 2.41 bits per heavy atom. The van der Waals surface area contributed by atoms with Crippen LogP contribution in [-0.2, 0) is 9.57 Å². The van der Waals surface area contributed by atoms with Crippen LogP contribution < -0.4 is 5.48 Å². The molecular formula is C10H21N5O2. The van der Waals surface area contributed by atoms with Gasteiger partial charge in [-0.05, 0) is 13.8 Å². The summed E-state index contributed by atoms with van der Waals surface area (Å²) in [5.74, 6) is 0.171. The molecule has 7 heteroatoms. The van der Waals surface area contributed by atoms with Crippen LogP contribution in [0.4, 0.5) is 0 Å². The highest BCUT2D eigenvalue weighted by Gasteiger charge is 2.15. The molecule has 1 saturated heterocycles. The van der Waals surface area contributed by atoms with E-state index < -0.39 is 0 Å². The lowest BCUT2D eigenvalue weighted by Crippen LogP contribution is -2.48. The number of hydrogen-bond donors (Lipinski definition) is 3. The van der Waals surface area contributed by atoms with E-state index in [1.54, 1.807) is 4.90 Å². The Morgan fingerprint density at radius 1 is 1.29 bits per heavy atom. The number of hydrogen-bond acceptors (Lipinski definition) is 4. The van der Waals surface area contributed by atoms with Crippen LogP contribution >= 0.6 is 0 Å². The second-order valence-corrected chi connectivity index (χ2v) is 3.63. The van der Waals surface area contributed by atoms with Gasteiger partial charge < -0.3 is 19.4 Å². The van der Waals surface area contributed by atoms with E-state index in [2.05, 4.69) is 5.48 Å². The number of morpholine rings is 1. The summed E-state index contributed by atoms with van der Waals surface area (Å²) < 4.78 is 5.19. The molecule has 0 radical (unpaired) electrons. The van der Waals surface area contributed by atoms with Gasteiger partial charge in [-0.25, -0.2) is 5.41 Å². The molecule has 0 amide bonds. The van der Waals surface area contributed by atoms with E-state index in [4.69, 9.17) is 20.4 Å².